The van der Waals surface area contributed by atoms with Gasteiger partial charge in [0.25, 0.3) is 11.8 Å². The molecule has 0 saturated heterocycles. The van der Waals surface area contributed by atoms with Crippen LogP contribution in [0.4, 0.5) is 5.82 Å². The molecule has 2 N–H and O–H groups in total. The van der Waals surface area contributed by atoms with E-state index >= 15 is 0 Å². The van der Waals surface area contributed by atoms with Crippen LogP contribution in [0.5, 0.6) is 0 Å². The first kappa shape index (κ1) is 22.3. The molecule has 5 rings (SSSR count). The summed E-state index contributed by atoms with van der Waals surface area (Å²) in [4.78, 5) is 29.6. The zero-order chi connectivity index (χ0) is 24.2. The normalized spacial score (nSPS) is 13.8. The highest BCUT2D eigenvalue weighted by molar-refractivity contribution is 6.09. The number of amides is 2. The van der Waals surface area contributed by atoms with Gasteiger partial charge >= 0.3 is 0 Å². The molecule has 2 amide bonds. The van der Waals surface area contributed by atoms with E-state index in [2.05, 4.69) is 20.8 Å². The first-order chi connectivity index (χ1) is 17.1. The number of furan rings is 1. The summed E-state index contributed by atoms with van der Waals surface area (Å²) in [6, 6.07) is 22.7. The minimum atomic E-state index is -0.363. The van der Waals surface area contributed by atoms with E-state index in [1.807, 2.05) is 49.4 Å². The minimum Gasteiger partial charge on any atom is -0.455 e. The van der Waals surface area contributed by atoms with Gasteiger partial charge in [-0.3, -0.25) is 9.59 Å². The molecular weight excluding hydrogens is 440 g/mol. The van der Waals surface area contributed by atoms with Crippen molar-refractivity contribution in [3.05, 3.63) is 107 Å². The van der Waals surface area contributed by atoms with Crippen LogP contribution in [-0.2, 0) is 6.42 Å². The number of anilines is 1. The lowest BCUT2D eigenvalue weighted by Gasteiger charge is -2.13. The largest absolute Gasteiger partial charge is 0.455 e. The van der Waals surface area contributed by atoms with Crippen LogP contribution >= 0.6 is 0 Å². The van der Waals surface area contributed by atoms with E-state index in [0.717, 1.165) is 23.1 Å². The molecule has 174 valence electrons. The van der Waals surface area contributed by atoms with Gasteiger partial charge in [0.05, 0.1) is 5.71 Å². The molecule has 0 bridgehead atoms. The van der Waals surface area contributed by atoms with Crippen molar-refractivity contribution in [1.29, 1.82) is 0 Å². The molecule has 7 heteroatoms. The van der Waals surface area contributed by atoms with Crippen LogP contribution in [0.15, 0.2) is 88.5 Å². The van der Waals surface area contributed by atoms with E-state index in [4.69, 9.17) is 4.42 Å². The lowest BCUT2D eigenvalue weighted by molar-refractivity contribution is 0.0953. The van der Waals surface area contributed by atoms with Crippen molar-refractivity contribution >= 4 is 23.3 Å². The van der Waals surface area contributed by atoms with E-state index in [0.29, 0.717) is 41.3 Å². The number of hydrazone groups is 1. The van der Waals surface area contributed by atoms with Crippen molar-refractivity contribution < 1.29 is 14.0 Å². The Morgan fingerprint density at radius 2 is 1.63 bits per heavy atom. The van der Waals surface area contributed by atoms with Crippen LogP contribution in [0.2, 0.25) is 0 Å². The number of benzene rings is 2. The highest BCUT2D eigenvalue weighted by atomic mass is 16.4. The lowest BCUT2D eigenvalue weighted by Crippen LogP contribution is -2.22. The fraction of sp³-hybridized carbons (Fsp3) is 0.143. The average molecular weight is 465 g/mol. The molecule has 0 fully saturated rings. The number of fused-ring (bicyclic) bond motifs is 1. The Kier molecular flexibility index (Phi) is 6.22. The molecule has 2 heterocycles. The highest BCUT2D eigenvalue weighted by Crippen LogP contribution is 2.30. The summed E-state index contributed by atoms with van der Waals surface area (Å²) in [5.74, 6) is 0.736. The summed E-state index contributed by atoms with van der Waals surface area (Å²) in [5.41, 5.74) is 7.52. The zero-order valence-corrected chi connectivity index (χ0v) is 19.2. The van der Waals surface area contributed by atoms with Gasteiger partial charge in [0, 0.05) is 29.3 Å². The first-order valence-electron chi connectivity index (χ1n) is 11.5. The van der Waals surface area contributed by atoms with Gasteiger partial charge in [-0.2, -0.15) is 5.10 Å². The van der Waals surface area contributed by atoms with Crippen molar-refractivity contribution in [2.24, 2.45) is 5.10 Å². The second-order valence-electron chi connectivity index (χ2n) is 8.32. The van der Waals surface area contributed by atoms with Crippen LogP contribution in [-0.4, -0.2) is 22.5 Å². The predicted octanol–water partition coefficient (Wildman–Crippen LogP) is 5.37. The molecule has 2 aromatic heterocycles. The molecule has 0 atom stereocenters. The molecule has 0 aliphatic heterocycles. The van der Waals surface area contributed by atoms with Crippen LogP contribution in [0.3, 0.4) is 0 Å². The lowest BCUT2D eigenvalue weighted by atomic mass is 9.93. The Hall–Kier alpha value is -4.52. The van der Waals surface area contributed by atoms with Gasteiger partial charge in [0.15, 0.2) is 5.76 Å². The SMILES string of the molecule is Cc1c(C(=O)Nc2ccccn2)oc2c1/C(=N/NC(=O)c1ccc(-c3ccccc3)cc1)CCC2. The summed E-state index contributed by atoms with van der Waals surface area (Å²) in [5, 5.41) is 7.17. The molecule has 0 radical (unpaired) electrons. The van der Waals surface area contributed by atoms with Crippen molar-refractivity contribution in [1.82, 2.24) is 10.4 Å². The zero-order valence-electron chi connectivity index (χ0n) is 19.2. The number of pyridine rings is 1. The Morgan fingerprint density at radius 3 is 2.37 bits per heavy atom. The van der Waals surface area contributed by atoms with Crippen molar-refractivity contribution in [3.8, 4) is 11.1 Å². The van der Waals surface area contributed by atoms with E-state index < -0.39 is 0 Å². The Balaban J connectivity index is 1.32. The standard InChI is InChI=1S/C28H24N4O3/c1-18-25-22(10-7-11-23(25)35-26(18)28(34)30-24-12-5-6-17-29-24)31-32-27(33)21-15-13-20(14-16-21)19-8-3-2-4-9-19/h2-6,8-9,12-17H,7,10-11H2,1H3,(H,32,33)(H,29,30,34)/b31-22+. The topological polar surface area (TPSA) is 96.6 Å². The fourth-order valence-electron chi connectivity index (χ4n) is 4.23. The van der Waals surface area contributed by atoms with Gasteiger partial charge in [0.2, 0.25) is 0 Å². The van der Waals surface area contributed by atoms with Gasteiger partial charge in [-0.05, 0) is 55.2 Å². The van der Waals surface area contributed by atoms with E-state index in [-0.39, 0.29) is 17.6 Å². The predicted molar refractivity (Wildman–Crippen MR) is 134 cm³/mol. The second kappa shape index (κ2) is 9.77. The van der Waals surface area contributed by atoms with Gasteiger partial charge < -0.3 is 9.73 Å². The summed E-state index contributed by atoms with van der Waals surface area (Å²) in [7, 11) is 0. The van der Waals surface area contributed by atoms with Gasteiger partial charge in [-0.25, -0.2) is 10.4 Å². The molecule has 35 heavy (non-hydrogen) atoms. The third kappa shape index (κ3) is 4.75. The number of hydrogen-bond acceptors (Lipinski definition) is 5. The number of nitrogens with zero attached hydrogens (tertiary/aromatic N) is 2. The molecule has 0 spiro atoms. The number of aromatic nitrogens is 1. The van der Waals surface area contributed by atoms with E-state index in [1.165, 1.54) is 0 Å². The average Bonchev–Trinajstić information content (AvgIpc) is 3.25. The third-order valence-electron chi connectivity index (χ3n) is 5.99. The summed E-state index contributed by atoms with van der Waals surface area (Å²) < 4.78 is 5.91. The number of hydrogen-bond donors (Lipinski definition) is 2. The number of nitrogens with one attached hydrogen (secondary N) is 2. The molecule has 0 saturated carbocycles. The van der Waals surface area contributed by atoms with Gasteiger partial charge in [-0.15, -0.1) is 0 Å². The van der Waals surface area contributed by atoms with Crippen molar-refractivity contribution in [2.45, 2.75) is 26.2 Å². The van der Waals surface area contributed by atoms with Crippen molar-refractivity contribution in [2.75, 3.05) is 5.32 Å². The molecule has 7 nitrogen and oxygen atoms in total. The highest BCUT2D eigenvalue weighted by Gasteiger charge is 2.28. The van der Waals surface area contributed by atoms with Crippen LogP contribution in [0, 0.1) is 6.92 Å². The molecule has 4 aromatic rings. The third-order valence-corrected chi connectivity index (χ3v) is 5.99. The molecule has 1 aliphatic rings. The fourth-order valence-corrected chi connectivity index (χ4v) is 4.23. The Morgan fingerprint density at radius 1 is 0.886 bits per heavy atom. The number of carbonyl (C=O) groups excluding carboxylic acids is 2. The molecule has 1 aliphatic carbocycles. The maximum Gasteiger partial charge on any atom is 0.292 e. The van der Waals surface area contributed by atoms with Crippen molar-refractivity contribution in [3.63, 3.8) is 0 Å². The number of aryl methyl sites for hydroxylation is 1. The summed E-state index contributed by atoms with van der Waals surface area (Å²) in [6.45, 7) is 1.83. The Bertz CT molecular complexity index is 1390. The monoisotopic (exact) mass is 464 g/mol. The van der Waals surface area contributed by atoms with Crippen LogP contribution in [0.25, 0.3) is 11.1 Å². The number of carbonyl (C=O) groups is 2. The molecule has 2 aromatic carbocycles. The molecular formula is C28H24N4O3. The second-order valence-corrected chi connectivity index (χ2v) is 8.32. The van der Waals surface area contributed by atoms with Crippen LogP contribution < -0.4 is 10.7 Å². The quantitative estimate of drug-likeness (QED) is 0.388. The maximum atomic E-state index is 12.8. The Labute approximate surface area is 202 Å². The summed E-state index contributed by atoms with van der Waals surface area (Å²) in [6.07, 6.45) is 3.82. The maximum absolute atomic E-state index is 12.8. The minimum absolute atomic E-state index is 0.234. The van der Waals surface area contributed by atoms with Gasteiger partial charge in [0.1, 0.15) is 11.6 Å². The number of rotatable bonds is 5. The van der Waals surface area contributed by atoms with E-state index in [9.17, 15) is 9.59 Å². The molecule has 0 unspecified atom stereocenters. The van der Waals surface area contributed by atoms with Gasteiger partial charge in [-0.1, -0.05) is 48.5 Å². The summed E-state index contributed by atoms with van der Waals surface area (Å²) >= 11 is 0. The van der Waals surface area contributed by atoms with Crippen LogP contribution in [0.1, 0.15) is 50.6 Å². The smallest absolute Gasteiger partial charge is 0.292 e. The first-order valence-corrected chi connectivity index (χ1v) is 11.5. The van der Waals surface area contributed by atoms with E-state index in [1.54, 1.807) is 36.5 Å².